The van der Waals surface area contributed by atoms with Crippen molar-refractivity contribution in [3.05, 3.63) is 58.3 Å². The van der Waals surface area contributed by atoms with E-state index in [0.29, 0.717) is 25.3 Å². The van der Waals surface area contributed by atoms with Crippen molar-refractivity contribution in [1.29, 1.82) is 0 Å². The number of ether oxygens (including phenoxy) is 1. The van der Waals surface area contributed by atoms with E-state index in [-0.39, 0.29) is 41.6 Å². The Balaban J connectivity index is 1.79. The SMILES string of the molecule is CCCN1[C@@H]2Cn3c(ccc(-c4ccccc4F)c3=O)[C@H]1[C@@H](C(=O)NCCOC)[C@@H]2CO. The monoisotopic (exact) mass is 443 g/mol. The van der Waals surface area contributed by atoms with E-state index in [0.717, 1.165) is 18.7 Å². The smallest absolute Gasteiger partial charge is 0.258 e. The van der Waals surface area contributed by atoms with Crippen LogP contribution < -0.4 is 10.9 Å². The predicted octanol–water partition coefficient (Wildman–Crippen LogP) is 1.79. The third-order valence-corrected chi connectivity index (χ3v) is 6.72. The summed E-state index contributed by atoms with van der Waals surface area (Å²) in [4.78, 5) is 28.8. The number of aliphatic hydroxyl groups excluding tert-OH is 1. The molecule has 8 heteroatoms. The number of carbonyl (C=O) groups excluding carboxylic acids is 1. The number of hydrogen-bond donors (Lipinski definition) is 2. The number of amides is 1. The highest BCUT2D eigenvalue weighted by atomic mass is 19.1. The molecule has 2 bridgehead atoms. The Morgan fingerprint density at radius 3 is 2.72 bits per heavy atom. The molecule has 32 heavy (non-hydrogen) atoms. The number of halogens is 1. The lowest BCUT2D eigenvalue weighted by atomic mass is 9.86. The molecule has 0 saturated carbocycles. The number of aromatic nitrogens is 1. The standard InChI is InChI=1S/C24H30FN3O4/c1-3-11-27-20-13-28-19(9-8-16(24(28)31)15-6-4-5-7-18(15)25)22(27)21(17(20)14-29)23(30)26-10-12-32-2/h4-9,17,20-22,29H,3,10-14H2,1-2H3,(H,26,30)/t17-,20-,21+,22+/m1/s1. The molecule has 1 aromatic heterocycles. The molecule has 7 nitrogen and oxygen atoms in total. The zero-order valence-corrected chi connectivity index (χ0v) is 18.5. The molecular weight excluding hydrogens is 413 g/mol. The van der Waals surface area contributed by atoms with Gasteiger partial charge in [-0.25, -0.2) is 4.39 Å². The van der Waals surface area contributed by atoms with Crippen LogP contribution in [0.2, 0.25) is 0 Å². The molecule has 4 atom stereocenters. The predicted molar refractivity (Wildman–Crippen MR) is 119 cm³/mol. The summed E-state index contributed by atoms with van der Waals surface area (Å²) < 4.78 is 21.1. The van der Waals surface area contributed by atoms with Crippen LogP contribution in [0, 0.1) is 17.7 Å². The van der Waals surface area contributed by atoms with Crippen LogP contribution in [-0.4, -0.2) is 59.9 Å². The molecule has 1 fully saturated rings. The largest absolute Gasteiger partial charge is 0.396 e. The maximum absolute atomic E-state index is 14.4. The first-order valence-corrected chi connectivity index (χ1v) is 11.1. The number of nitrogens with one attached hydrogen (secondary N) is 1. The fourth-order valence-corrected chi connectivity index (χ4v) is 5.37. The summed E-state index contributed by atoms with van der Waals surface area (Å²) >= 11 is 0. The lowest BCUT2D eigenvalue weighted by Crippen LogP contribution is -2.47. The molecule has 0 aliphatic carbocycles. The summed E-state index contributed by atoms with van der Waals surface area (Å²) in [6.07, 6.45) is 0.890. The van der Waals surface area contributed by atoms with E-state index in [1.807, 2.05) is 6.07 Å². The van der Waals surface area contributed by atoms with Crippen LogP contribution in [0.4, 0.5) is 4.39 Å². The second kappa shape index (κ2) is 9.52. The van der Waals surface area contributed by atoms with Crippen molar-refractivity contribution in [1.82, 2.24) is 14.8 Å². The van der Waals surface area contributed by atoms with Gasteiger partial charge < -0.3 is 19.7 Å². The second-order valence-electron chi connectivity index (χ2n) is 8.47. The minimum absolute atomic E-state index is 0.145. The van der Waals surface area contributed by atoms with E-state index < -0.39 is 11.7 Å². The molecule has 2 aromatic rings. The fourth-order valence-electron chi connectivity index (χ4n) is 5.37. The van der Waals surface area contributed by atoms with Gasteiger partial charge in [0.05, 0.1) is 24.1 Å². The first kappa shape index (κ1) is 22.6. The van der Waals surface area contributed by atoms with E-state index in [9.17, 15) is 19.1 Å². The van der Waals surface area contributed by atoms with Gasteiger partial charge in [-0.3, -0.25) is 14.5 Å². The van der Waals surface area contributed by atoms with Crippen LogP contribution in [0.5, 0.6) is 0 Å². The summed E-state index contributed by atoms with van der Waals surface area (Å²) in [5.74, 6) is -1.37. The van der Waals surface area contributed by atoms with Crippen molar-refractivity contribution in [3.8, 4) is 11.1 Å². The Kier molecular flexibility index (Phi) is 6.74. The van der Waals surface area contributed by atoms with E-state index in [2.05, 4.69) is 17.1 Å². The van der Waals surface area contributed by atoms with Crippen molar-refractivity contribution < 1.29 is 19.0 Å². The van der Waals surface area contributed by atoms with Crippen LogP contribution >= 0.6 is 0 Å². The molecule has 0 spiro atoms. The van der Waals surface area contributed by atoms with Gasteiger partial charge in [-0.2, -0.15) is 0 Å². The van der Waals surface area contributed by atoms with Crippen LogP contribution in [0.25, 0.3) is 11.1 Å². The van der Waals surface area contributed by atoms with Crippen LogP contribution in [0.3, 0.4) is 0 Å². The number of methoxy groups -OCH3 is 1. The van der Waals surface area contributed by atoms with Gasteiger partial charge in [0.15, 0.2) is 0 Å². The average Bonchev–Trinajstić information content (AvgIpc) is 3.00. The van der Waals surface area contributed by atoms with Gasteiger partial charge in [-0.15, -0.1) is 0 Å². The van der Waals surface area contributed by atoms with Gasteiger partial charge in [0.2, 0.25) is 5.91 Å². The summed E-state index contributed by atoms with van der Waals surface area (Å²) in [7, 11) is 1.57. The number of fused-ring (bicyclic) bond motifs is 4. The summed E-state index contributed by atoms with van der Waals surface area (Å²) in [5, 5.41) is 13.2. The maximum atomic E-state index is 14.4. The van der Waals surface area contributed by atoms with Crippen molar-refractivity contribution in [2.24, 2.45) is 11.8 Å². The van der Waals surface area contributed by atoms with E-state index in [4.69, 9.17) is 4.74 Å². The normalized spacial score (nSPS) is 24.4. The number of benzene rings is 1. The molecular formula is C24H30FN3O4. The van der Waals surface area contributed by atoms with Gasteiger partial charge in [0.1, 0.15) is 5.82 Å². The zero-order chi connectivity index (χ0) is 22.8. The number of hydrogen-bond acceptors (Lipinski definition) is 5. The quantitative estimate of drug-likeness (QED) is 0.608. The molecule has 172 valence electrons. The molecule has 2 aliphatic rings. The van der Waals surface area contributed by atoms with Gasteiger partial charge in [-0.05, 0) is 31.2 Å². The molecule has 1 saturated heterocycles. The van der Waals surface area contributed by atoms with E-state index >= 15 is 0 Å². The highest BCUT2D eigenvalue weighted by Gasteiger charge is 2.55. The number of aliphatic hydroxyl groups is 1. The van der Waals surface area contributed by atoms with Gasteiger partial charge in [0, 0.05) is 50.0 Å². The minimum Gasteiger partial charge on any atom is -0.396 e. The molecule has 0 unspecified atom stereocenters. The number of pyridine rings is 1. The first-order valence-electron chi connectivity index (χ1n) is 11.1. The lowest BCUT2D eigenvalue weighted by Gasteiger charge is -2.38. The Labute approximate surface area is 186 Å². The van der Waals surface area contributed by atoms with E-state index in [1.54, 1.807) is 35.9 Å². The Hall–Kier alpha value is -2.55. The minimum atomic E-state index is -0.485. The third-order valence-electron chi connectivity index (χ3n) is 6.72. The summed E-state index contributed by atoms with van der Waals surface area (Å²) in [6.45, 7) is 3.83. The van der Waals surface area contributed by atoms with Crippen LogP contribution in [0.15, 0.2) is 41.2 Å². The maximum Gasteiger partial charge on any atom is 0.258 e. The van der Waals surface area contributed by atoms with Gasteiger partial charge >= 0.3 is 0 Å². The van der Waals surface area contributed by atoms with E-state index in [1.165, 1.54) is 6.07 Å². The first-order chi connectivity index (χ1) is 15.5. The molecule has 4 rings (SSSR count). The Morgan fingerprint density at radius 1 is 1.25 bits per heavy atom. The highest BCUT2D eigenvalue weighted by molar-refractivity contribution is 5.80. The topological polar surface area (TPSA) is 83.8 Å². The summed E-state index contributed by atoms with van der Waals surface area (Å²) in [5.41, 5.74) is 1.04. The Bertz CT molecular complexity index is 1040. The molecule has 2 aliphatic heterocycles. The number of rotatable bonds is 8. The molecule has 1 aromatic carbocycles. The Morgan fingerprint density at radius 2 is 2.03 bits per heavy atom. The molecule has 0 radical (unpaired) electrons. The van der Waals surface area contributed by atoms with Gasteiger partial charge in [-0.1, -0.05) is 25.1 Å². The van der Waals surface area contributed by atoms with Gasteiger partial charge in [0.25, 0.3) is 5.56 Å². The lowest BCUT2D eigenvalue weighted by molar-refractivity contribution is -0.127. The second-order valence-corrected chi connectivity index (χ2v) is 8.47. The zero-order valence-electron chi connectivity index (χ0n) is 18.5. The van der Waals surface area contributed by atoms with Crippen molar-refractivity contribution in [3.63, 3.8) is 0 Å². The third kappa shape index (κ3) is 3.76. The molecule has 2 N–H and O–H groups in total. The summed E-state index contributed by atoms with van der Waals surface area (Å²) in [6, 6.07) is 9.26. The van der Waals surface area contributed by atoms with Crippen molar-refractivity contribution >= 4 is 5.91 Å². The number of nitrogens with zero attached hydrogens (tertiary/aromatic N) is 2. The van der Waals surface area contributed by atoms with Crippen LogP contribution in [0.1, 0.15) is 25.1 Å². The average molecular weight is 444 g/mol. The highest BCUT2D eigenvalue weighted by Crippen LogP contribution is 2.48. The van der Waals surface area contributed by atoms with Crippen molar-refractivity contribution in [2.45, 2.75) is 32.0 Å². The van der Waals surface area contributed by atoms with Crippen LogP contribution in [-0.2, 0) is 16.1 Å². The van der Waals surface area contributed by atoms with Crippen molar-refractivity contribution in [2.75, 3.05) is 33.4 Å². The molecule has 3 heterocycles. The molecule has 1 amide bonds. The number of carbonyl (C=O) groups is 1. The fraction of sp³-hybridized carbons (Fsp3) is 0.500.